The molecule has 0 saturated heterocycles. The number of ether oxygens (including phenoxy) is 2. The summed E-state index contributed by atoms with van der Waals surface area (Å²) in [6.07, 6.45) is 0. The normalized spacial score (nSPS) is 11.8. The van der Waals surface area contributed by atoms with Crippen LogP contribution < -0.4 is 9.47 Å². The summed E-state index contributed by atoms with van der Waals surface area (Å²) < 4.78 is 10.6. The molecule has 0 radical (unpaired) electrons. The number of nitrogens with zero attached hydrogens (tertiary/aromatic N) is 1. The van der Waals surface area contributed by atoms with Crippen LogP contribution in [-0.4, -0.2) is 44.0 Å². The van der Waals surface area contributed by atoms with Crippen molar-refractivity contribution in [3.63, 3.8) is 0 Å². The fourth-order valence-electron chi connectivity index (χ4n) is 1.52. The number of alkyl halides is 1. The van der Waals surface area contributed by atoms with Crippen molar-refractivity contribution in [1.29, 1.82) is 0 Å². The Hall–Kier alpha value is -1.42. The molecule has 19 heavy (non-hydrogen) atoms. The van der Waals surface area contributed by atoms with Crippen molar-refractivity contribution in [2.45, 2.75) is 6.92 Å². The van der Waals surface area contributed by atoms with Crippen molar-refractivity contribution >= 4 is 17.5 Å². The van der Waals surface area contributed by atoms with Gasteiger partial charge in [0.25, 0.3) is 0 Å². The molecule has 0 aromatic heterocycles. The monoisotopic (exact) mass is 285 g/mol. The van der Waals surface area contributed by atoms with Crippen LogP contribution in [0.3, 0.4) is 0 Å². The number of halogens is 1. The molecular formula is C14H20ClNO3. The molecule has 0 fully saturated rings. The Bertz CT molecular complexity index is 394. The first-order chi connectivity index (χ1) is 9.08. The lowest BCUT2D eigenvalue weighted by Crippen LogP contribution is -2.35. The lowest BCUT2D eigenvalue weighted by molar-refractivity contribution is -0.133. The summed E-state index contributed by atoms with van der Waals surface area (Å²) in [7, 11) is 3.37. The van der Waals surface area contributed by atoms with Crippen LogP contribution >= 0.6 is 11.6 Å². The van der Waals surface area contributed by atoms with Crippen molar-refractivity contribution in [1.82, 2.24) is 4.90 Å². The first-order valence-corrected chi connectivity index (χ1v) is 6.69. The zero-order valence-electron chi connectivity index (χ0n) is 11.6. The largest absolute Gasteiger partial charge is 0.497 e. The fourth-order valence-corrected chi connectivity index (χ4v) is 1.66. The van der Waals surface area contributed by atoms with Crippen LogP contribution in [0, 0.1) is 5.92 Å². The van der Waals surface area contributed by atoms with E-state index in [-0.39, 0.29) is 11.8 Å². The molecule has 0 aliphatic carbocycles. The maximum absolute atomic E-state index is 11.8. The smallest absolute Gasteiger partial charge is 0.226 e. The van der Waals surface area contributed by atoms with Gasteiger partial charge >= 0.3 is 0 Å². The zero-order valence-corrected chi connectivity index (χ0v) is 12.3. The minimum atomic E-state index is -0.160. The first-order valence-electron chi connectivity index (χ1n) is 6.16. The third kappa shape index (κ3) is 4.99. The van der Waals surface area contributed by atoms with Crippen LogP contribution in [0.5, 0.6) is 11.5 Å². The fraction of sp³-hybridized carbons (Fsp3) is 0.500. The van der Waals surface area contributed by atoms with Crippen molar-refractivity contribution in [3.05, 3.63) is 24.3 Å². The molecule has 4 nitrogen and oxygen atoms in total. The molecular weight excluding hydrogens is 266 g/mol. The number of amides is 1. The number of hydrogen-bond acceptors (Lipinski definition) is 3. The Morgan fingerprint density at radius 2 is 1.89 bits per heavy atom. The lowest BCUT2D eigenvalue weighted by atomic mass is 10.2. The van der Waals surface area contributed by atoms with Gasteiger partial charge in [-0.2, -0.15) is 0 Å². The maximum atomic E-state index is 11.8. The molecule has 0 saturated carbocycles. The third-order valence-electron chi connectivity index (χ3n) is 2.78. The molecule has 1 aromatic carbocycles. The van der Waals surface area contributed by atoms with Gasteiger partial charge in [-0.15, -0.1) is 11.6 Å². The summed E-state index contributed by atoms with van der Waals surface area (Å²) in [6.45, 7) is 2.80. The molecule has 1 unspecified atom stereocenters. The SMILES string of the molecule is COc1ccc(OCCN(C)C(=O)C(C)CCl)cc1. The van der Waals surface area contributed by atoms with Gasteiger partial charge in [0, 0.05) is 18.8 Å². The van der Waals surface area contributed by atoms with Crippen molar-refractivity contribution < 1.29 is 14.3 Å². The number of rotatable bonds is 7. The van der Waals surface area contributed by atoms with E-state index in [4.69, 9.17) is 21.1 Å². The van der Waals surface area contributed by atoms with E-state index in [0.29, 0.717) is 19.0 Å². The number of benzene rings is 1. The van der Waals surface area contributed by atoms with E-state index in [9.17, 15) is 4.79 Å². The topological polar surface area (TPSA) is 38.8 Å². The number of hydrogen-bond donors (Lipinski definition) is 0. The van der Waals surface area contributed by atoms with Gasteiger partial charge in [-0.25, -0.2) is 0 Å². The molecule has 0 bridgehead atoms. The van der Waals surface area contributed by atoms with E-state index >= 15 is 0 Å². The van der Waals surface area contributed by atoms with Gasteiger partial charge in [0.05, 0.1) is 13.7 Å². The van der Waals surface area contributed by atoms with E-state index in [1.165, 1.54) is 0 Å². The molecule has 1 atom stereocenters. The highest BCUT2D eigenvalue weighted by Crippen LogP contribution is 2.16. The average molecular weight is 286 g/mol. The molecule has 106 valence electrons. The van der Waals surface area contributed by atoms with Gasteiger partial charge in [-0.05, 0) is 24.3 Å². The Labute approximate surface area is 119 Å². The Morgan fingerprint density at radius 1 is 1.32 bits per heavy atom. The summed E-state index contributed by atoms with van der Waals surface area (Å²) in [5.74, 6) is 1.76. The van der Waals surface area contributed by atoms with Crippen LogP contribution in [0.1, 0.15) is 6.92 Å². The highest BCUT2D eigenvalue weighted by Gasteiger charge is 2.15. The predicted octanol–water partition coefficient (Wildman–Crippen LogP) is 2.41. The minimum Gasteiger partial charge on any atom is -0.497 e. The van der Waals surface area contributed by atoms with Crippen LogP contribution in [-0.2, 0) is 4.79 Å². The highest BCUT2D eigenvalue weighted by molar-refractivity contribution is 6.19. The average Bonchev–Trinajstić information content (AvgIpc) is 2.46. The van der Waals surface area contributed by atoms with Gasteiger partial charge in [0.15, 0.2) is 0 Å². The van der Waals surface area contributed by atoms with Crippen LogP contribution in [0.2, 0.25) is 0 Å². The summed E-state index contributed by atoms with van der Waals surface area (Å²) in [4.78, 5) is 13.4. The van der Waals surface area contributed by atoms with E-state index < -0.39 is 0 Å². The summed E-state index contributed by atoms with van der Waals surface area (Å²) in [5.41, 5.74) is 0. The van der Waals surface area contributed by atoms with Crippen molar-refractivity contribution in [2.75, 3.05) is 33.2 Å². The van der Waals surface area contributed by atoms with E-state index in [2.05, 4.69) is 0 Å². The second kappa shape index (κ2) is 7.89. The second-order valence-electron chi connectivity index (χ2n) is 4.34. The summed E-state index contributed by atoms with van der Waals surface area (Å²) >= 11 is 5.66. The quantitative estimate of drug-likeness (QED) is 0.722. The van der Waals surface area contributed by atoms with Gasteiger partial charge in [-0.1, -0.05) is 6.92 Å². The number of carbonyl (C=O) groups excluding carboxylic acids is 1. The molecule has 0 aliphatic rings. The Balaban J connectivity index is 2.35. The van der Waals surface area contributed by atoms with E-state index in [1.807, 2.05) is 31.2 Å². The molecule has 1 aromatic rings. The van der Waals surface area contributed by atoms with Gasteiger partial charge < -0.3 is 14.4 Å². The summed E-state index contributed by atoms with van der Waals surface area (Å²) in [5, 5.41) is 0. The van der Waals surface area contributed by atoms with E-state index in [1.54, 1.807) is 19.1 Å². The van der Waals surface area contributed by atoms with Gasteiger partial charge in [0.1, 0.15) is 18.1 Å². The number of carbonyl (C=O) groups is 1. The van der Waals surface area contributed by atoms with Gasteiger partial charge in [0.2, 0.25) is 5.91 Å². The molecule has 5 heteroatoms. The zero-order chi connectivity index (χ0) is 14.3. The van der Waals surface area contributed by atoms with E-state index in [0.717, 1.165) is 11.5 Å². The predicted molar refractivity (Wildman–Crippen MR) is 76.0 cm³/mol. The molecule has 0 aliphatic heterocycles. The first kappa shape index (κ1) is 15.6. The molecule has 0 N–H and O–H groups in total. The highest BCUT2D eigenvalue weighted by atomic mass is 35.5. The standard InChI is InChI=1S/C14H20ClNO3/c1-11(10-15)14(17)16(2)8-9-19-13-6-4-12(18-3)5-7-13/h4-7,11H,8-10H2,1-3H3. The Kier molecular flexibility index (Phi) is 6.50. The maximum Gasteiger partial charge on any atom is 0.226 e. The molecule has 1 amide bonds. The summed E-state index contributed by atoms with van der Waals surface area (Å²) in [6, 6.07) is 7.34. The lowest BCUT2D eigenvalue weighted by Gasteiger charge is -2.20. The van der Waals surface area contributed by atoms with Crippen molar-refractivity contribution in [3.8, 4) is 11.5 Å². The van der Waals surface area contributed by atoms with Gasteiger partial charge in [-0.3, -0.25) is 4.79 Å². The van der Waals surface area contributed by atoms with Crippen LogP contribution in [0.4, 0.5) is 0 Å². The molecule has 0 spiro atoms. The number of methoxy groups -OCH3 is 1. The second-order valence-corrected chi connectivity index (χ2v) is 4.65. The molecule has 0 heterocycles. The van der Waals surface area contributed by atoms with Crippen molar-refractivity contribution in [2.24, 2.45) is 5.92 Å². The number of likely N-dealkylation sites (N-methyl/N-ethyl adjacent to an activating group) is 1. The molecule has 1 rings (SSSR count). The Morgan fingerprint density at radius 3 is 2.42 bits per heavy atom. The van der Waals surface area contributed by atoms with Crippen LogP contribution in [0.15, 0.2) is 24.3 Å². The van der Waals surface area contributed by atoms with Crippen LogP contribution in [0.25, 0.3) is 0 Å². The third-order valence-corrected chi connectivity index (χ3v) is 3.25. The minimum absolute atomic E-state index is 0.0355.